The van der Waals surface area contributed by atoms with Gasteiger partial charge in [0.15, 0.2) is 0 Å². The number of benzene rings is 1. The molecule has 2 aliphatic rings. The summed E-state index contributed by atoms with van der Waals surface area (Å²) in [4.78, 5) is 39.4. The number of carbonyl (C=O) groups excluding carboxylic acids is 3. The molecule has 1 atom stereocenters. The van der Waals surface area contributed by atoms with Crippen LogP contribution in [0, 0.1) is 0 Å². The average molecular weight is 417 g/mol. The van der Waals surface area contributed by atoms with Gasteiger partial charge >= 0.3 is 5.97 Å². The first kappa shape index (κ1) is 22.1. The van der Waals surface area contributed by atoms with Gasteiger partial charge in [-0.05, 0) is 56.4 Å². The van der Waals surface area contributed by atoms with Crippen molar-refractivity contribution in [1.82, 2.24) is 10.2 Å². The van der Waals surface area contributed by atoms with E-state index in [1.54, 1.807) is 24.3 Å². The molecule has 3 rings (SSSR count). The molecule has 2 amide bonds. The highest BCUT2D eigenvalue weighted by Gasteiger charge is 2.36. The minimum absolute atomic E-state index is 0.0673. The first-order valence-electron chi connectivity index (χ1n) is 11.1. The number of carbonyl (C=O) groups is 3. The Morgan fingerprint density at radius 1 is 1.13 bits per heavy atom. The van der Waals surface area contributed by atoms with Crippen molar-refractivity contribution >= 4 is 17.8 Å². The van der Waals surface area contributed by atoms with Crippen LogP contribution in [0.25, 0.3) is 0 Å². The molecule has 1 N–H and O–H groups in total. The van der Waals surface area contributed by atoms with Crippen LogP contribution in [0.4, 0.5) is 0 Å². The van der Waals surface area contributed by atoms with Crippen LogP contribution in [-0.2, 0) is 14.3 Å². The molecule has 0 unspecified atom stereocenters. The van der Waals surface area contributed by atoms with Gasteiger partial charge in [-0.1, -0.05) is 19.8 Å². The van der Waals surface area contributed by atoms with Gasteiger partial charge in [0.25, 0.3) is 5.91 Å². The van der Waals surface area contributed by atoms with Crippen molar-refractivity contribution in [2.45, 2.75) is 70.4 Å². The smallest absolute Gasteiger partial charge is 0.308 e. The van der Waals surface area contributed by atoms with Crippen molar-refractivity contribution in [3.63, 3.8) is 0 Å². The Labute approximate surface area is 178 Å². The van der Waals surface area contributed by atoms with Crippen LogP contribution in [0.3, 0.4) is 0 Å². The van der Waals surface area contributed by atoms with Gasteiger partial charge in [-0.3, -0.25) is 14.4 Å². The Bertz CT molecular complexity index is 728. The predicted molar refractivity (Wildman–Crippen MR) is 112 cm³/mol. The van der Waals surface area contributed by atoms with E-state index in [2.05, 4.69) is 12.2 Å². The summed E-state index contributed by atoms with van der Waals surface area (Å²) in [6.07, 6.45) is 6.88. The summed E-state index contributed by atoms with van der Waals surface area (Å²) in [5.74, 6) is -0.277. The first-order chi connectivity index (χ1) is 14.6. The summed E-state index contributed by atoms with van der Waals surface area (Å²) in [5.41, 5.74) is 0.471. The Morgan fingerprint density at radius 2 is 1.87 bits per heavy atom. The number of nitrogens with one attached hydrogen (secondary N) is 1. The van der Waals surface area contributed by atoms with E-state index < -0.39 is 12.0 Å². The second-order valence-corrected chi connectivity index (χ2v) is 7.99. The predicted octanol–water partition coefficient (Wildman–Crippen LogP) is 3.07. The van der Waals surface area contributed by atoms with E-state index in [1.165, 1.54) is 11.3 Å². The van der Waals surface area contributed by atoms with E-state index in [0.717, 1.165) is 38.5 Å². The molecule has 164 valence electrons. The number of nitrogens with zero attached hydrogens (tertiary/aromatic N) is 1. The van der Waals surface area contributed by atoms with Crippen molar-refractivity contribution in [3.8, 4) is 5.75 Å². The van der Waals surface area contributed by atoms with Gasteiger partial charge < -0.3 is 19.7 Å². The normalized spacial score (nSPS) is 19.8. The molecule has 0 radical (unpaired) electrons. The van der Waals surface area contributed by atoms with Crippen LogP contribution in [0.1, 0.15) is 68.6 Å². The number of amides is 2. The molecule has 0 bridgehead atoms. The average Bonchev–Trinajstić information content (AvgIpc) is 2.76. The maximum atomic E-state index is 13.1. The molecule has 30 heavy (non-hydrogen) atoms. The van der Waals surface area contributed by atoms with Crippen LogP contribution in [-0.4, -0.2) is 54.5 Å². The largest absolute Gasteiger partial charge is 0.494 e. The molecule has 1 aromatic carbocycles. The molecular weight excluding hydrogens is 384 g/mol. The van der Waals surface area contributed by atoms with Gasteiger partial charge in [0.05, 0.1) is 13.0 Å². The van der Waals surface area contributed by atoms with E-state index in [1.807, 2.05) is 0 Å². The molecule has 1 aliphatic carbocycles. The van der Waals surface area contributed by atoms with Gasteiger partial charge in [-0.25, -0.2) is 0 Å². The topological polar surface area (TPSA) is 84.9 Å². The monoisotopic (exact) mass is 416 g/mol. The van der Waals surface area contributed by atoms with E-state index >= 15 is 0 Å². The second kappa shape index (κ2) is 11.0. The summed E-state index contributed by atoms with van der Waals surface area (Å²) in [6, 6.07) is 6.09. The minimum atomic E-state index is -0.845. The number of piperazine rings is 1. The zero-order valence-corrected chi connectivity index (χ0v) is 17.7. The number of ether oxygens (including phenoxy) is 2. The van der Waals surface area contributed by atoms with Crippen molar-refractivity contribution in [1.29, 1.82) is 0 Å². The standard InChI is InChI=1S/C23H32N2O5/c1-2-3-15-29-18-11-9-17(10-12-18)23(28)25-14-13-24-22(27)20(25)16-21(26)30-19-7-5-4-6-8-19/h9-12,19-20H,2-8,13-16H2,1H3,(H,24,27)/t20-/m1/s1. The van der Waals surface area contributed by atoms with Crippen LogP contribution in [0.5, 0.6) is 5.75 Å². The lowest BCUT2D eigenvalue weighted by atomic mass is 9.98. The summed E-state index contributed by atoms with van der Waals surface area (Å²) in [6.45, 7) is 3.47. The first-order valence-corrected chi connectivity index (χ1v) is 11.1. The van der Waals surface area contributed by atoms with Gasteiger partial charge in [0.2, 0.25) is 5.91 Å². The number of rotatable bonds is 8. The Kier molecular flexibility index (Phi) is 8.11. The third-order valence-electron chi connectivity index (χ3n) is 5.67. The van der Waals surface area contributed by atoms with Gasteiger partial charge in [-0.2, -0.15) is 0 Å². The van der Waals surface area contributed by atoms with E-state index in [-0.39, 0.29) is 24.3 Å². The number of esters is 1. The van der Waals surface area contributed by atoms with Crippen molar-refractivity contribution < 1.29 is 23.9 Å². The fourth-order valence-electron chi connectivity index (χ4n) is 3.93. The fraction of sp³-hybridized carbons (Fsp3) is 0.609. The lowest BCUT2D eigenvalue weighted by molar-refractivity contribution is -0.153. The van der Waals surface area contributed by atoms with Crippen LogP contribution in [0.15, 0.2) is 24.3 Å². The highest BCUT2D eigenvalue weighted by Crippen LogP contribution is 2.22. The number of hydrogen-bond acceptors (Lipinski definition) is 5. The summed E-state index contributed by atoms with van der Waals surface area (Å²) in [5, 5.41) is 2.75. The lowest BCUT2D eigenvalue weighted by Gasteiger charge is -2.35. The number of unbranched alkanes of at least 4 members (excludes halogenated alkanes) is 1. The van der Waals surface area contributed by atoms with Crippen LogP contribution in [0.2, 0.25) is 0 Å². The molecule has 7 nitrogen and oxygen atoms in total. The highest BCUT2D eigenvalue weighted by atomic mass is 16.5. The molecular formula is C23H32N2O5. The van der Waals surface area contributed by atoms with Gasteiger partial charge in [-0.15, -0.1) is 0 Å². The minimum Gasteiger partial charge on any atom is -0.494 e. The lowest BCUT2D eigenvalue weighted by Crippen LogP contribution is -2.58. The van der Waals surface area contributed by atoms with E-state index in [0.29, 0.717) is 31.0 Å². The maximum absolute atomic E-state index is 13.1. The molecule has 1 heterocycles. The zero-order valence-electron chi connectivity index (χ0n) is 17.7. The van der Waals surface area contributed by atoms with E-state index in [4.69, 9.17) is 9.47 Å². The van der Waals surface area contributed by atoms with Crippen molar-refractivity contribution in [2.75, 3.05) is 19.7 Å². The fourth-order valence-corrected chi connectivity index (χ4v) is 3.93. The molecule has 1 saturated heterocycles. The Balaban J connectivity index is 1.62. The summed E-state index contributed by atoms with van der Waals surface area (Å²) >= 11 is 0. The SMILES string of the molecule is CCCCOc1ccc(C(=O)N2CCNC(=O)[C@H]2CC(=O)OC2CCCCC2)cc1. The van der Waals surface area contributed by atoms with E-state index in [9.17, 15) is 14.4 Å². The molecule has 0 aromatic heterocycles. The Morgan fingerprint density at radius 3 is 2.57 bits per heavy atom. The van der Waals surface area contributed by atoms with Crippen molar-refractivity contribution in [3.05, 3.63) is 29.8 Å². The second-order valence-electron chi connectivity index (χ2n) is 7.99. The van der Waals surface area contributed by atoms with Crippen LogP contribution >= 0.6 is 0 Å². The third-order valence-corrected chi connectivity index (χ3v) is 5.67. The molecule has 0 spiro atoms. The molecule has 7 heteroatoms. The van der Waals surface area contributed by atoms with Crippen LogP contribution < -0.4 is 10.1 Å². The quantitative estimate of drug-likeness (QED) is 0.520. The maximum Gasteiger partial charge on any atom is 0.308 e. The Hall–Kier alpha value is -2.57. The van der Waals surface area contributed by atoms with Gasteiger partial charge in [0.1, 0.15) is 17.9 Å². The summed E-state index contributed by atoms with van der Waals surface area (Å²) < 4.78 is 11.2. The summed E-state index contributed by atoms with van der Waals surface area (Å²) in [7, 11) is 0. The molecule has 1 aromatic rings. The number of hydrogen-bond donors (Lipinski definition) is 1. The highest BCUT2D eigenvalue weighted by molar-refractivity contribution is 5.99. The zero-order chi connectivity index (χ0) is 21.3. The molecule has 1 saturated carbocycles. The molecule has 1 aliphatic heterocycles. The third kappa shape index (κ3) is 5.97. The van der Waals surface area contributed by atoms with Crippen molar-refractivity contribution in [2.24, 2.45) is 0 Å². The molecule has 2 fully saturated rings. The van der Waals surface area contributed by atoms with Gasteiger partial charge in [0, 0.05) is 18.7 Å².